The topological polar surface area (TPSA) is 34.6 Å². The second kappa shape index (κ2) is 10.7. The van der Waals surface area contributed by atoms with E-state index in [2.05, 4.69) is 0 Å². The zero-order valence-electron chi connectivity index (χ0n) is 14.3. The van der Waals surface area contributed by atoms with E-state index >= 15 is 0 Å². The fourth-order valence-electron chi connectivity index (χ4n) is 2.44. The number of aromatic nitrogens is 4. The van der Waals surface area contributed by atoms with Gasteiger partial charge in [-0.25, -0.2) is 0 Å². The summed E-state index contributed by atoms with van der Waals surface area (Å²) in [5.74, 6) is 0.693. The van der Waals surface area contributed by atoms with Gasteiger partial charge in [0.15, 0.2) is 5.69 Å². The summed E-state index contributed by atoms with van der Waals surface area (Å²) in [6, 6.07) is 30.0. The van der Waals surface area contributed by atoms with Crippen LogP contribution in [0.2, 0.25) is 0 Å². The van der Waals surface area contributed by atoms with Crippen LogP contribution >= 0.6 is 23.2 Å². The van der Waals surface area contributed by atoms with Crippen molar-refractivity contribution in [2.24, 2.45) is 0 Å². The Morgan fingerprint density at radius 3 is 1.78 bits per heavy atom. The molecule has 0 saturated carbocycles. The van der Waals surface area contributed by atoms with Crippen LogP contribution in [0.25, 0.3) is 22.8 Å². The van der Waals surface area contributed by atoms with Crippen LogP contribution in [0.3, 0.4) is 0 Å². The number of halogens is 3. The average Bonchev–Trinajstić information content (AvgIpc) is 3.16. The van der Waals surface area contributed by atoms with Crippen LogP contribution in [0, 0.1) is 0 Å². The summed E-state index contributed by atoms with van der Waals surface area (Å²) in [6.07, 6.45) is 0. The lowest BCUT2D eigenvalue weighted by Crippen LogP contribution is -3.00. The maximum atomic E-state index is 4.76. The Bertz CT molecular complexity index is 872. The van der Waals surface area contributed by atoms with Crippen LogP contribution in [0.1, 0.15) is 0 Å². The smallest absolute Gasteiger partial charge is 0.340 e. The molecule has 27 heavy (non-hydrogen) atoms. The highest BCUT2D eigenvalue weighted by Gasteiger charge is 2.22. The molecular weight excluding hydrogens is 403 g/mol. The van der Waals surface area contributed by atoms with E-state index in [0.29, 0.717) is 5.82 Å². The van der Waals surface area contributed by atoms with Gasteiger partial charge in [-0.05, 0) is 46.3 Å². The Labute approximate surface area is 174 Å². The Morgan fingerprint density at radius 1 is 0.741 bits per heavy atom. The SMILES string of the molecule is ClCCl.[Cl-].c1ccc(-c2nn(-c3ccccc3)[n+](-c3ccccc3)n2)cc1. The van der Waals surface area contributed by atoms with Crippen LogP contribution in [0.4, 0.5) is 0 Å². The van der Waals surface area contributed by atoms with E-state index in [0.717, 1.165) is 16.9 Å². The van der Waals surface area contributed by atoms with Crippen molar-refractivity contribution in [1.29, 1.82) is 0 Å². The van der Waals surface area contributed by atoms with Gasteiger partial charge in [0, 0.05) is 4.80 Å². The van der Waals surface area contributed by atoms with Gasteiger partial charge in [-0.3, -0.25) is 0 Å². The van der Waals surface area contributed by atoms with E-state index in [-0.39, 0.29) is 17.7 Å². The number of hydrogen-bond donors (Lipinski definition) is 0. The zero-order valence-corrected chi connectivity index (χ0v) is 16.6. The molecule has 4 aromatic rings. The molecule has 0 spiro atoms. The summed E-state index contributed by atoms with van der Waals surface area (Å²) >= 11 is 9.53. The van der Waals surface area contributed by atoms with Gasteiger partial charge in [0.05, 0.1) is 16.0 Å². The molecule has 0 N–H and O–H groups in total. The molecule has 7 heteroatoms. The van der Waals surface area contributed by atoms with Crippen molar-refractivity contribution in [1.82, 2.24) is 15.0 Å². The van der Waals surface area contributed by atoms with Crippen molar-refractivity contribution >= 4 is 23.2 Å². The quantitative estimate of drug-likeness (QED) is 0.374. The molecule has 0 fully saturated rings. The van der Waals surface area contributed by atoms with Gasteiger partial charge in [0.2, 0.25) is 0 Å². The van der Waals surface area contributed by atoms with Crippen molar-refractivity contribution < 1.29 is 17.2 Å². The number of alkyl halides is 2. The molecule has 0 radical (unpaired) electrons. The highest BCUT2D eigenvalue weighted by atomic mass is 35.5. The molecule has 0 saturated heterocycles. The predicted octanol–water partition coefficient (Wildman–Crippen LogP) is 1.64. The molecule has 0 bridgehead atoms. The zero-order chi connectivity index (χ0) is 18.2. The third kappa shape index (κ3) is 5.30. The van der Waals surface area contributed by atoms with Crippen molar-refractivity contribution in [3.8, 4) is 22.8 Å². The second-order valence-corrected chi connectivity index (χ2v) is 6.05. The standard InChI is InChI=1S/C19H15N4.CH2Cl2.ClH/c1-4-10-16(11-5-1)19-20-22(17-12-6-2-7-13-17)23(21-19)18-14-8-3-9-15-18;2-1-3;/h1-15H;1H2;1H/q+1;;/p-1. The van der Waals surface area contributed by atoms with Gasteiger partial charge in [0.25, 0.3) is 0 Å². The van der Waals surface area contributed by atoms with Gasteiger partial charge in [-0.2, -0.15) is 0 Å². The number of benzene rings is 3. The molecule has 0 aliphatic rings. The third-order valence-electron chi connectivity index (χ3n) is 3.56. The highest BCUT2D eigenvalue weighted by molar-refractivity contribution is 6.40. The molecule has 0 aliphatic heterocycles. The summed E-state index contributed by atoms with van der Waals surface area (Å²) in [5, 5.41) is 9.59. The van der Waals surface area contributed by atoms with Gasteiger partial charge in [-0.15, -0.1) is 23.2 Å². The molecule has 0 amide bonds. The van der Waals surface area contributed by atoms with Gasteiger partial charge in [0.1, 0.15) is 5.69 Å². The van der Waals surface area contributed by atoms with Crippen LogP contribution < -0.4 is 17.2 Å². The van der Waals surface area contributed by atoms with E-state index in [1.54, 1.807) is 0 Å². The minimum Gasteiger partial charge on any atom is -1.00 e. The van der Waals surface area contributed by atoms with E-state index in [1.807, 2.05) is 101 Å². The Morgan fingerprint density at radius 2 is 1.22 bits per heavy atom. The summed E-state index contributed by atoms with van der Waals surface area (Å²) in [6.45, 7) is 0. The van der Waals surface area contributed by atoms with Crippen LogP contribution in [-0.4, -0.2) is 20.3 Å². The van der Waals surface area contributed by atoms with Gasteiger partial charge < -0.3 is 12.4 Å². The summed E-state index contributed by atoms with van der Waals surface area (Å²) in [7, 11) is 0. The van der Waals surface area contributed by atoms with Crippen molar-refractivity contribution in [3.63, 3.8) is 0 Å². The van der Waals surface area contributed by atoms with E-state index < -0.39 is 0 Å². The van der Waals surface area contributed by atoms with Gasteiger partial charge in [-0.1, -0.05) is 54.6 Å². The fraction of sp³-hybridized carbons (Fsp3) is 0.0500. The molecule has 4 rings (SSSR count). The molecule has 3 aromatic carbocycles. The first-order chi connectivity index (χ1) is 12.8. The third-order valence-corrected chi connectivity index (χ3v) is 3.56. The number of tetrazole rings is 1. The molecule has 1 heterocycles. The van der Waals surface area contributed by atoms with Crippen LogP contribution in [0.5, 0.6) is 0 Å². The molecule has 1 aromatic heterocycles. The highest BCUT2D eigenvalue weighted by Crippen LogP contribution is 2.14. The Balaban J connectivity index is 0.000000614. The minimum absolute atomic E-state index is 0. The lowest BCUT2D eigenvalue weighted by molar-refractivity contribution is -0.734. The van der Waals surface area contributed by atoms with Gasteiger partial charge >= 0.3 is 5.82 Å². The molecule has 0 aliphatic carbocycles. The number of nitrogens with zero attached hydrogens (tertiary/aromatic N) is 4. The van der Waals surface area contributed by atoms with Crippen molar-refractivity contribution in [2.45, 2.75) is 0 Å². The van der Waals surface area contributed by atoms with Crippen LogP contribution in [-0.2, 0) is 0 Å². The van der Waals surface area contributed by atoms with Crippen molar-refractivity contribution in [2.75, 3.05) is 5.34 Å². The van der Waals surface area contributed by atoms with Crippen molar-refractivity contribution in [3.05, 3.63) is 91.0 Å². The number of rotatable bonds is 3. The average molecular weight is 420 g/mol. The first-order valence-corrected chi connectivity index (χ1v) is 9.08. The number of para-hydroxylation sites is 2. The minimum atomic E-state index is 0. The lowest BCUT2D eigenvalue weighted by Gasteiger charge is -1.98. The lowest BCUT2D eigenvalue weighted by atomic mass is 10.2. The Kier molecular flexibility index (Phi) is 8.27. The maximum Gasteiger partial charge on any atom is 0.340 e. The van der Waals surface area contributed by atoms with E-state index in [9.17, 15) is 0 Å². The second-order valence-electron chi connectivity index (χ2n) is 5.24. The fourth-order valence-corrected chi connectivity index (χ4v) is 2.44. The molecule has 4 nitrogen and oxygen atoms in total. The molecule has 0 atom stereocenters. The normalized spacial score (nSPS) is 9.70. The number of hydrogen-bond acceptors (Lipinski definition) is 2. The van der Waals surface area contributed by atoms with E-state index in [4.69, 9.17) is 33.4 Å². The largest absolute Gasteiger partial charge is 1.00 e. The molecule has 138 valence electrons. The first-order valence-electron chi connectivity index (χ1n) is 8.01. The van der Waals surface area contributed by atoms with Crippen LogP contribution in [0.15, 0.2) is 91.0 Å². The maximum absolute atomic E-state index is 4.76. The monoisotopic (exact) mass is 418 g/mol. The first kappa shape index (κ1) is 20.9. The summed E-state index contributed by atoms with van der Waals surface area (Å²) in [4.78, 5) is 3.63. The van der Waals surface area contributed by atoms with E-state index in [1.165, 1.54) is 0 Å². The molecule has 0 unspecified atom stereocenters. The predicted molar refractivity (Wildman–Crippen MR) is 105 cm³/mol. The summed E-state index contributed by atoms with van der Waals surface area (Å²) in [5.41, 5.74) is 2.92. The molecular formula is C20H17Cl3N4. The Hall–Kier alpha value is -2.40. The summed E-state index contributed by atoms with van der Waals surface area (Å²) < 4.78 is 0.